The summed E-state index contributed by atoms with van der Waals surface area (Å²) >= 11 is 5.82. The van der Waals surface area contributed by atoms with Crippen LogP contribution in [0.4, 0.5) is 11.4 Å². The molecule has 0 aromatic carbocycles. The first-order valence-electron chi connectivity index (χ1n) is 4.79. The normalized spacial score (nSPS) is 10.2. The Hall–Kier alpha value is -2.08. The fourth-order valence-electron chi connectivity index (χ4n) is 1.34. The van der Waals surface area contributed by atoms with Crippen molar-refractivity contribution >= 4 is 28.9 Å². The predicted octanol–water partition coefficient (Wildman–Crippen LogP) is 1.30. The predicted molar refractivity (Wildman–Crippen MR) is 64.8 cm³/mol. The highest BCUT2D eigenvalue weighted by molar-refractivity contribution is 6.32. The molecule has 0 unspecified atom stereocenters. The molecule has 0 saturated heterocycles. The van der Waals surface area contributed by atoms with E-state index in [0.29, 0.717) is 11.4 Å². The molecular weight excluding hydrogens is 242 g/mol. The number of halogens is 1. The molecule has 0 aliphatic rings. The molecule has 0 atom stereocenters. The standard InChI is InChI=1S/C10H10ClN5O/c1-16-5-6(12)8(15-16)10(17)14-7-3-2-4-13-9(7)11/h2-5H,12H2,1H3,(H,14,17). The minimum atomic E-state index is -0.419. The smallest absolute Gasteiger partial charge is 0.278 e. The molecule has 0 fully saturated rings. The molecular formula is C10H10ClN5O. The molecule has 2 heterocycles. The molecule has 2 aromatic rings. The van der Waals surface area contributed by atoms with Gasteiger partial charge in [-0.25, -0.2) is 4.98 Å². The summed E-state index contributed by atoms with van der Waals surface area (Å²) < 4.78 is 1.47. The van der Waals surface area contributed by atoms with Gasteiger partial charge in [-0.2, -0.15) is 5.10 Å². The van der Waals surface area contributed by atoms with Crippen molar-refractivity contribution in [2.24, 2.45) is 7.05 Å². The van der Waals surface area contributed by atoms with Crippen molar-refractivity contribution < 1.29 is 4.79 Å². The summed E-state index contributed by atoms with van der Waals surface area (Å²) in [5, 5.41) is 6.76. The fourth-order valence-corrected chi connectivity index (χ4v) is 1.51. The summed E-state index contributed by atoms with van der Waals surface area (Å²) in [4.78, 5) is 15.7. The largest absolute Gasteiger partial charge is 0.396 e. The second-order valence-electron chi connectivity index (χ2n) is 3.40. The van der Waals surface area contributed by atoms with Crippen LogP contribution < -0.4 is 11.1 Å². The van der Waals surface area contributed by atoms with E-state index in [9.17, 15) is 4.79 Å². The lowest BCUT2D eigenvalue weighted by atomic mass is 10.3. The van der Waals surface area contributed by atoms with Crippen LogP contribution in [0, 0.1) is 0 Å². The molecule has 0 spiro atoms. The average molecular weight is 252 g/mol. The van der Waals surface area contributed by atoms with E-state index >= 15 is 0 Å². The van der Waals surface area contributed by atoms with E-state index in [-0.39, 0.29) is 10.8 Å². The maximum absolute atomic E-state index is 11.8. The number of nitrogens with two attached hydrogens (primary N) is 1. The highest BCUT2D eigenvalue weighted by atomic mass is 35.5. The molecule has 0 radical (unpaired) electrons. The van der Waals surface area contributed by atoms with Gasteiger partial charge in [0.15, 0.2) is 10.8 Å². The van der Waals surface area contributed by atoms with Gasteiger partial charge in [0.25, 0.3) is 5.91 Å². The van der Waals surface area contributed by atoms with Crippen LogP contribution in [0.5, 0.6) is 0 Å². The lowest BCUT2D eigenvalue weighted by Gasteiger charge is -2.04. The van der Waals surface area contributed by atoms with Gasteiger partial charge in [-0.15, -0.1) is 0 Å². The van der Waals surface area contributed by atoms with Crippen molar-refractivity contribution in [2.45, 2.75) is 0 Å². The van der Waals surface area contributed by atoms with Gasteiger partial charge in [0.1, 0.15) is 0 Å². The molecule has 3 N–H and O–H groups in total. The Morgan fingerprint density at radius 3 is 2.94 bits per heavy atom. The molecule has 7 heteroatoms. The van der Waals surface area contributed by atoms with Crippen molar-refractivity contribution in [2.75, 3.05) is 11.1 Å². The van der Waals surface area contributed by atoms with E-state index in [1.165, 1.54) is 10.9 Å². The van der Waals surface area contributed by atoms with Crippen molar-refractivity contribution in [1.29, 1.82) is 0 Å². The van der Waals surface area contributed by atoms with Crippen molar-refractivity contribution in [3.05, 3.63) is 35.4 Å². The number of pyridine rings is 1. The first-order valence-corrected chi connectivity index (χ1v) is 5.16. The van der Waals surface area contributed by atoms with Crippen LogP contribution in [0.1, 0.15) is 10.5 Å². The fraction of sp³-hybridized carbons (Fsp3) is 0.100. The lowest BCUT2D eigenvalue weighted by Crippen LogP contribution is -2.15. The Bertz CT molecular complexity index is 566. The van der Waals surface area contributed by atoms with Gasteiger partial charge in [-0.05, 0) is 12.1 Å². The number of amides is 1. The zero-order valence-corrected chi connectivity index (χ0v) is 9.77. The number of aromatic nitrogens is 3. The monoisotopic (exact) mass is 251 g/mol. The highest BCUT2D eigenvalue weighted by Crippen LogP contribution is 2.19. The lowest BCUT2D eigenvalue weighted by molar-refractivity contribution is 0.102. The Kier molecular flexibility index (Phi) is 2.97. The Morgan fingerprint density at radius 1 is 1.59 bits per heavy atom. The molecule has 0 aliphatic heterocycles. The molecule has 17 heavy (non-hydrogen) atoms. The summed E-state index contributed by atoms with van der Waals surface area (Å²) in [6.45, 7) is 0. The second-order valence-corrected chi connectivity index (χ2v) is 3.76. The van der Waals surface area contributed by atoms with E-state index < -0.39 is 5.91 Å². The van der Waals surface area contributed by atoms with Crippen LogP contribution in [0.3, 0.4) is 0 Å². The van der Waals surface area contributed by atoms with Gasteiger partial charge < -0.3 is 11.1 Å². The van der Waals surface area contributed by atoms with Crippen LogP contribution >= 0.6 is 11.6 Å². The quantitative estimate of drug-likeness (QED) is 0.788. The van der Waals surface area contributed by atoms with Gasteiger partial charge in [-0.3, -0.25) is 9.48 Å². The zero-order chi connectivity index (χ0) is 12.4. The van der Waals surface area contributed by atoms with Gasteiger partial charge >= 0.3 is 0 Å². The molecule has 1 amide bonds. The van der Waals surface area contributed by atoms with Crippen LogP contribution in [0.2, 0.25) is 5.15 Å². The Labute approximate surface area is 102 Å². The van der Waals surface area contributed by atoms with E-state index in [4.69, 9.17) is 17.3 Å². The molecule has 2 rings (SSSR count). The molecule has 6 nitrogen and oxygen atoms in total. The Balaban J connectivity index is 2.23. The summed E-state index contributed by atoms with van der Waals surface area (Å²) in [7, 11) is 1.68. The third-order valence-corrected chi connectivity index (χ3v) is 2.38. The number of nitrogens with one attached hydrogen (secondary N) is 1. The van der Waals surface area contributed by atoms with E-state index in [2.05, 4.69) is 15.4 Å². The SMILES string of the molecule is Cn1cc(N)c(C(=O)Nc2cccnc2Cl)n1. The number of nitrogens with zero attached hydrogens (tertiary/aromatic N) is 3. The van der Waals surface area contributed by atoms with Crippen molar-refractivity contribution in [3.63, 3.8) is 0 Å². The zero-order valence-electron chi connectivity index (χ0n) is 9.01. The first-order chi connectivity index (χ1) is 8.08. The maximum Gasteiger partial charge on any atom is 0.278 e. The van der Waals surface area contributed by atoms with Crippen molar-refractivity contribution in [1.82, 2.24) is 14.8 Å². The number of carbonyl (C=O) groups excluding carboxylic acids is 1. The summed E-state index contributed by atoms with van der Waals surface area (Å²) in [5.74, 6) is -0.419. The molecule has 0 saturated carbocycles. The van der Waals surface area contributed by atoms with Gasteiger partial charge in [0.2, 0.25) is 0 Å². The minimum absolute atomic E-state index is 0.160. The third kappa shape index (κ3) is 2.36. The van der Waals surface area contributed by atoms with Crippen molar-refractivity contribution in [3.8, 4) is 0 Å². The van der Waals surface area contributed by atoms with Crippen LogP contribution in [-0.4, -0.2) is 20.7 Å². The number of nitrogen functional groups attached to an aromatic ring is 1. The number of carbonyl (C=O) groups is 1. The third-order valence-electron chi connectivity index (χ3n) is 2.08. The minimum Gasteiger partial charge on any atom is -0.396 e. The van der Waals surface area contributed by atoms with E-state index in [0.717, 1.165) is 0 Å². The van der Waals surface area contributed by atoms with Gasteiger partial charge in [0.05, 0.1) is 11.4 Å². The van der Waals surface area contributed by atoms with Crippen LogP contribution in [0.25, 0.3) is 0 Å². The van der Waals surface area contributed by atoms with Gasteiger partial charge in [0, 0.05) is 19.4 Å². The molecule has 0 bridgehead atoms. The van der Waals surface area contributed by atoms with E-state index in [1.807, 2.05) is 0 Å². The second kappa shape index (κ2) is 4.42. The number of aryl methyl sites for hydroxylation is 1. The maximum atomic E-state index is 11.8. The van der Waals surface area contributed by atoms with Gasteiger partial charge in [-0.1, -0.05) is 11.6 Å². The Morgan fingerprint density at radius 2 is 2.35 bits per heavy atom. The first kappa shape index (κ1) is 11.4. The van der Waals surface area contributed by atoms with E-state index in [1.54, 1.807) is 25.4 Å². The topological polar surface area (TPSA) is 85.8 Å². The number of rotatable bonds is 2. The van der Waals surface area contributed by atoms with Crippen LogP contribution in [0.15, 0.2) is 24.5 Å². The van der Waals surface area contributed by atoms with Crippen LogP contribution in [-0.2, 0) is 7.05 Å². The number of anilines is 2. The molecule has 0 aliphatic carbocycles. The summed E-state index contributed by atoms with van der Waals surface area (Å²) in [6.07, 6.45) is 3.09. The molecule has 88 valence electrons. The molecule has 2 aromatic heterocycles. The average Bonchev–Trinajstić information content (AvgIpc) is 2.61. The summed E-state index contributed by atoms with van der Waals surface area (Å²) in [6, 6.07) is 3.32. The summed E-state index contributed by atoms with van der Waals surface area (Å²) in [5.41, 5.74) is 6.53. The highest BCUT2D eigenvalue weighted by Gasteiger charge is 2.15. The number of hydrogen-bond acceptors (Lipinski definition) is 4. The number of hydrogen-bond donors (Lipinski definition) is 2.